The molecule has 0 aromatic rings. The van der Waals surface area contributed by atoms with Crippen LogP contribution < -0.4 is 5.32 Å². The van der Waals surface area contributed by atoms with Crippen LogP contribution in [0.1, 0.15) is 52.4 Å². The zero-order valence-electron chi connectivity index (χ0n) is 11.8. The molecular weight excluding hydrogens is 208 g/mol. The average molecular weight is 238 g/mol. The zero-order valence-corrected chi connectivity index (χ0v) is 11.8. The first kappa shape index (κ1) is 13.4. The van der Waals surface area contributed by atoms with Crippen LogP contribution >= 0.6 is 0 Å². The Bertz CT molecular complexity index is 213. The molecular formula is C15H30N2. The molecule has 2 saturated carbocycles. The highest BCUT2D eigenvalue weighted by molar-refractivity contribution is 4.86. The third-order valence-electron chi connectivity index (χ3n) is 4.47. The predicted octanol–water partition coefficient (Wildman–Crippen LogP) is 2.89. The minimum atomic E-state index is 0.809. The van der Waals surface area contributed by atoms with Crippen molar-refractivity contribution in [1.82, 2.24) is 10.2 Å². The van der Waals surface area contributed by atoms with Crippen LogP contribution in [0.15, 0.2) is 0 Å². The monoisotopic (exact) mass is 238 g/mol. The van der Waals surface area contributed by atoms with Crippen LogP contribution in [0.2, 0.25) is 0 Å². The summed E-state index contributed by atoms with van der Waals surface area (Å²) in [4.78, 5) is 2.70. The van der Waals surface area contributed by atoms with Gasteiger partial charge in [0, 0.05) is 19.1 Å². The number of nitrogens with zero attached hydrogens (tertiary/aromatic N) is 1. The Kier molecular flexibility index (Phi) is 5.30. The lowest BCUT2D eigenvalue weighted by atomic mass is 10.0. The smallest absolute Gasteiger partial charge is 0.0107 e. The first-order chi connectivity index (χ1) is 8.33. The van der Waals surface area contributed by atoms with Crippen molar-refractivity contribution in [3.63, 3.8) is 0 Å². The maximum Gasteiger partial charge on any atom is 0.0107 e. The van der Waals surface area contributed by atoms with Gasteiger partial charge in [0.2, 0.25) is 0 Å². The zero-order chi connectivity index (χ0) is 12.1. The molecule has 2 heteroatoms. The SMILES string of the molecule is CCCNC1CCCC1CN(CC)CC1CC1. The van der Waals surface area contributed by atoms with Crippen LogP contribution in [0.5, 0.6) is 0 Å². The van der Waals surface area contributed by atoms with Crippen molar-refractivity contribution in [3.8, 4) is 0 Å². The molecule has 1 N–H and O–H groups in total. The van der Waals surface area contributed by atoms with Gasteiger partial charge in [0.15, 0.2) is 0 Å². The van der Waals surface area contributed by atoms with Crippen LogP contribution in [0.3, 0.4) is 0 Å². The molecule has 2 unspecified atom stereocenters. The van der Waals surface area contributed by atoms with Crippen LogP contribution in [0.4, 0.5) is 0 Å². The molecule has 2 fully saturated rings. The van der Waals surface area contributed by atoms with Gasteiger partial charge in [-0.25, -0.2) is 0 Å². The molecule has 17 heavy (non-hydrogen) atoms. The molecule has 100 valence electrons. The molecule has 0 aromatic carbocycles. The summed E-state index contributed by atoms with van der Waals surface area (Å²) in [5.74, 6) is 1.96. The van der Waals surface area contributed by atoms with E-state index in [0.717, 1.165) is 17.9 Å². The van der Waals surface area contributed by atoms with Crippen molar-refractivity contribution in [2.45, 2.75) is 58.4 Å². The van der Waals surface area contributed by atoms with E-state index in [0.29, 0.717) is 0 Å². The van der Waals surface area contributed by atoms with Crippen LogP contribution in [0.25, 0.3) is 0 Å². The Hall–Kier alpha value is -0.0800. The molecule has 2 aliphatic carbocycles. The highest BCUT2D eigenvalue weighted by Crippen LogP contribution is 2.31. The maximum atomic E-state index is 3.75. The van der Waals surface area contributed by atoms with Gasteiger partial charge in [-0.15, -0.1) is 0 Å². The van der Waals surface area contributed by atoms with E-state index >= 15 is 0 Å². The van der Waals surface area contributed by atoms with Crippen LogP contribution in [-0.4, -0.2) is 37.1 Å². The van der Waals surface area contributed by atoms with Crippen molar-refractivity contribution >= 4 is 0 Å². The van der Waals surface area contributed by atoms with Gasteiger partial charge in [0.05, 0.1) is 0 Å². The largest absolute Gasteiger partial charge is 0.314 e. The minimum Gasteiger partial charge on any atom is -0.314 e. The van der Waals surface area contributed by atoms with Gasteiger partial charge in [0.25, 0.3) is 0 Å². The highest BCUT2D eigenvalue weighted by atomic mass is 15.1. The summed E-state index contributed by atoms with van der Waals surface area (Å²) in [6.07, 6.45) is 8.53. The van der Waals surface area contributed by atoms with Crippen molar-refractivity contribution in [3.05, 3.63) is 0 Å². The summed E-state index contributed by atoms with van der Waals surface area (Å²) in [6.45, 7) is 9.75. The molecule has 0 heterocycles. The van der Waals surface area contributed by atoms with Gasteiger partial charge in [0.1, 0.15) is 0 Å². The van der Waals surface area contributed by atoms with E-state index in [2.05, 4.69) is 24.1 Å². The second-order valence-electron chi connectivity index (χ2n) is 6.05. The summed E-state index contributed by atoms with van der Waals surface area (Å²) < 4.78 is 0. The molecule has 2 atom stereocenters. The van der Waals surface area contributed by atoms with Gasteiger partial charge in [-0.1, -0.05) is 20.3 Å². The molecule has 0 amide bonds. The lowest BCUT2D eigenvalue weighted by molar-refractivity contribution is 0.215. The average Bonchev–Trinajstić information content (AvgIpc) is 3.05. The van der Waals surface area contributed by atoms with E-state index in [9.17, 15) is 0 Å². The minimum absolute atomic E-state index is 0.809. The van der Waals surface area contributed by atoms with Crippen LogP contribution in [0, 0.1) is 11.8 Å². The fraction of sp³-hybridized carbons (Fsp3) is 1.00. The Labute approximate surface area is 107 Å². The number of nitrogens with one attached hydrogen (secondary N) is 1. The molecule has 0 bridgehead atoms. The van der Waals surface area contributed by atoms with E-state index in [4.69, 9.17) is 0 Å². The summed E-state index contributed by atoms with van der Waals surface area (Å²) in [6, 6.07) is 0.809. The topological polar surface area (TPSA) is 15.3 Å². The van der Waals surface area contributed by atoms with Crippen molar-refractivity contribution in [2.75, 3.05) is 26.2 Å². The molecule has 2 aliphatic rings. The van der Waals surface area contributed by atoms with Gasteiger partial charge in [-0.2, -0.15) is 0 Å². The molecule has 0 aromatic heterocycles. The fourth-order valence-corrected chi connectivity index (χ4v) is 3.18. The Morgan fingerprint density at radius 3 is 2.53 bits per heavy atom. The van der Waals surface area contributed by atoms with Gasteiger partial charge < -0.3 is 10.2 Å². The summed E-state index contributed by atoms with van der Waals surface area (Å²) in [7, 11) is 0. The van der Waals surface area contributed by atoms with E-state index in [-0.39, 0.29) is 0 Å². The van der Waals surface area contributed by atoms with E-state index in [1.165, 1.54) is 64.7 Å². The molecule has 0 radical (unpaired) electrons. The normalized spacial score (nSPS) is 29.1. The van der Waals surface area contributed by atoms with E-state index < -0.39 is 0 Å². The van der Waals surface area contributed by atoms with E-state index in [1.807, 2.05) is 0 Å². The maximum absolute atomic E-state index is 3.75. The Balaban J connectivity index is 1.74. The highest BCUT2D eigenvalue weighted by Gasteiger charge is 2.30. The quantitative estimate of drug-likeness (QED) is 0.699. The first-order valence-corrected chi connectivity index (χ1v) is 7.79. The van der Waals surface area contributed by atoms with Gasteiger partial charge in [-0.05, 0) is 57.0 Å². The molecule has 0 saturated heterocycles. The summed E-state index contributed by atoms with van der Waals surface area (Å²) >= 11 is 0. The van der Waals surface area contributed by atoms with Gasteiger partial charge in [-0.3, -0.25) is 0 Å². The van der Waals surface area contributed by atoms with Crippen molar-refractivity contribution in [2.24, 2.45) is 11.8 Å². The number of hydrogen-bond acceptors (Lipinski definition) is 2. The molecule has 2 nitrogen and oxygen atoms in total. The third kappa shape index (κ3) is 4.26. The lowest BCUT2D eigenvalue weighted by Gasteiger charge is -2.28. The molecule has 0 spiro atoms. The Morgan fingerprint density at radius 1 is 1.06 bits per heavy atom. The Morgan fingerprint density at radius 2 is 1.88 bits per heavy atom. The van der Waals surface area contributed by atoms with Crippen molar-refractivity contribution < 1.29 is 0 Å². The second kappa shape index (κ2) is 6.75. The molecule has 2 rings (SSSR count). The first-order valence-electron chi connectivity index (χ1n) is 7.79. The molecule has 0 aliphatic heterocycles. The standard InChI is InChI=1S/C15H30N2/c1-3-10-16-15-7-5-6-14(15)12-17(4-2)11-13-8-9-13/h13-16H,3-12H2,1-2H3. The van der Waals surface area contributed by atoms with E-state index in [1.54, 1.807) is 0 Å². The number of hydrogen-bond donors (Lipinski definition) is 1. The summed E-state index contributed by atoms with van der Waals surface area (Å²) in [5.41, 5.74) is 0. The summed E-state index contributed by atoms with van der Waals surface area (Å²) in [5, 5.41) is 3.75. The number of rotatable bonds is 8. The van der Waals surface area contributed by atoms with Crippen molar-refractivity contribution in [1.29, 1.82) is 0 Å². The fourth-order valence-electron chi connectivity index (χ4n) is 3.18. The third-order valence-corrected chi connectivity index (χ3v) is 4.47. The lowest BCUT2D eigenvalue weighted by Crippen LogP contribution is -2.40. The van der Waals surface area contributed by atoms with Crippen LogP contribution in [-0.2, 0) is 0 Å². The predicted molar refractivity (Wildman–Crippen MR) is 74.3 cm³/mol. The second-order valence-corrected chi connectivity index (χ2v) is 6.05. The van der Waals surface area contributed by atoms with Gasteiger partial charge >= 0.3 is 0 Å².